The van der Waals surface area contributed by atoms with Crippen molar-refractivity contribution in [2.45, 2.75) is 59.5 Å². The van der Waals surface area contributed by atoms with Gasteiger partial charge in [0, 0.05) is 13.0 Å². The monoisotopic (exact) mass is 258 g/mol. The van der Waals surface area contributed by atoms with Crippen LogP contribution in [0.1, 0.15) is 53.9 Å². The third-order valence-electron chi connectivity index (χ3n) is 2.63. The van der Waals surface area contributed by atoms with Gasteiger partial charge in [-0.3, -0.25) is 9.59 Å². The van der Waals surface area contributed by atoms with Crippen molar-refractivity contribution in [1.29, 1.82) is 0 Å². The van der Waals surface area contributed by atoms with Crippen molar-refractivity contribution in [3.63, 3.8) is 0 Å². The summed E-state index contributed by atoms with van der Waals surface area (Å²) < 4.78 is 0. The fourth-order valence-corrected chi connectivity index (χ4v) is 1.53. The van der Waals surface area contributed by atoms with Crippen LogP contribution in [-0.4, -0.2) is 34.1 Å². The second-order valence-electron chi connectivity index (χ2n) is 6.40. The lowest BCUT2D eigenvalue weighted by molar-refractivity contribution is -0.143. The lowest BCUT2D eigenvalue weighted by atomic mass is 9.91. The fraction of sp³-hybridized carbons (Fsp3) is 0.846. The molecule has 0 saturated heterocycles. The minimum atomic E-state index is -0.964. The molecule has 0 aliphatic carbocycles. The van der Waals surface area contributed by atoms with Gasteiger partial charge >= 0.3 is 5.97 Å². The number of carboxylic acids is 1. The first kappa shape index (κ1) is 16.9. The highest BCUT2D eigenvalue weighted by molar-refractivity contribution is 5.81. The molecule has 0 aromatic rings. The third-order valence-corrected chi connectivity index (χ3v) is 2.63. The van der Waals surface area contributed by atoms with Gasteiger partial charge in [0.05, 0.1) is 12.1 Å². The van der Waals surface area contributed by atoms with Crippen LogP contribution in [0.25, 0.3) is 0 Å². The highest BCUT2D eigenvalue weighted by Crippen LogP contribution is 2.21. The number of carboxylic acid groups (broad SMARTS) is 1. The van der Waals surface area contributed by atoms with Gasteiger partial charge in [-0.05, 0) is 25.7 Å². The van der Waals surface area contributed by atoms with Crippen LogP contribution in [-0.2, 0) is 9.59 Å². The van der Waals surface area contributed by atoms with E-state index >= 15 is 0 Å². The molecule has 0 unspecified atom stereocenters. The Balaban J connectivity index is 4.59. The van der Waals surface area contributed by atoms with Crippen LogP contribution in [0.3, 0.4) is 0 Å². The Morgan fingerprint density at radius 2 is 1.61 bits per heavy atom. The summed E-state index contributed by atoms with van der Waals surface area (Å²) in [5.74, 6) is -1.16. The number of carbonyl (C=O) groups is 2. The van der Waals surface area contributed by atoms with Gasteiger partial charge in [-0.2, -0.15) is 0 Å². The first-order chi connectivity index (χ1) is 7.93. The Morgan fingerprint density at radius 1 is 1.11 bits per heavy atom. The second kappa shape index (κ2) is 6.18. The molecule has 0 aromatic carbocycles. The van der Waals surface area contributed by atoms with E-state index in [1.807, 2.05) is 0 Å². The summed E-state index contributed by atoms with van der Waals surface area (Å²) in [5.41, 5.74) is 5.32. The molecule has 0 saturated carbocycles. The van der Waals surface area contributed by atoms with Gasteiger partial charge in [0.2, 0.25) is 5.91 Å². The number of hydrogen-bond donors (Lipinski definition) is 2. The number of aliphatic carboxylic acids is 1. The maximum atomic E-state index is 12.0. The summed E-state index contributed by atoms with van der Waals surface area (Å²) in [6, 6.07) is 0. The summed E-state index contributed by atoms with van der Waals surface area (Å²) in [5, 5.41) is 8.60. The van der Waals surface area contributed by atoms with Crippen LogP contribution in [0.4, 0.5) is 0 Å². The van der Waals surface area contributed by atoms with Crippen molar-refractivity contribution in [2.75, 3.05) is 6.54 Å². The summed E-state index contributed by atoms with van der Waals surface area (Å²) in [6.07, 6.45) is 0.674. The Kier molecular flexibility index (Phi) is 5.80. The Hall–Kier alpha value is -1.10. The van der Waals surface area contributed by atoms with E-state index in [1.54, 1.807) is 18.7 Å². The van der Waals surface area contributed by atoms with Gasteiger partial charge in [-0.25, -0.2) is 0 Å². The SMILES string of the molecule is CC(C)(C)CCN(C(=O)CCC(=O)O)C(C)(C)N. The van der Waals surface area contributed by atoms with E-state index in [2.05, 4.69) is 20.8 Å². The van der Waals surface area contributed by atoms with Crippen molar-refractivity contribution in [3.05, 3.63) is 0 Å². The Bertz CT molecular complexity index is 300. The molecule has 0 heterocycles. The van der Waals surface area contributed by atoms with Crippen LogP contribution in [0.15, 0.2) is 0 Å². The van der Waals surface area contributed by atoms with Gasteiger partial charge in [-0.1, -0.05) is 20.8 Å². The number of rotatable bonds is 6. The average Bonchev–Trinajstić information content (AvgIpc) is 2.10. The van der Waals surface area contributed by atoms with Crippen molar-refractivity contribution in [1.82, 2.24) is 4.90 Å². The molecule has 0 rings (SSSR count). The van der Waals surface area contributed by atoms with Gasteiger partial charge in [0.15, 0.2) is 0 Å². The summed E-state index contributed by atoms with van der Waals surface area (Å²) in [7, 11) is 0. The quantitative estimate of drug-likeness (QED) is 0.712. The minimum absolute atomic E-state index is 0.000105. The lowest BCUT2D eigenvalue weighted by Gasteiger charge is -2.37. The zero-order valence-corrected chi connectivity index (χ0v) is 12.1. The largest absolute Gasteiger partial charge is 0.481 e. The molecule has 3 N–H and O–H groups in total. The van der Waals surface area contributed by atoms with Crippen LogP contribution >= 0.6 is 0 Å². The Morgan fingerprint density at radius 3 is 1.94 bits per heavy atom. The summed E-state index contributed by atoms with van der Waals surface area (Å²) in [4.78, 5) is 24.1. The first-order valence-corrected chi connectivity index (χ1v) is 6.24. The van der Waals surface area contributed by atoms with E-state index in [0.29, 0.717) is 6.54 Å². The molecule has 0 aromatic heterocycles. The molecule has 0 bridgehead atoms. The molecule has 0 radical (unpaired) electrons. The van der Waals surface area contributed by atoms with E-state index in [9.17, 15) is 9.59 Å². The predicted molar refractivity (Wildman–Crippen MR) is 70.9 cm³/mol. The average molecular weight is 258 g/mol. The van der Waals surface area contributed by atoms with E-state index in [-0.39, 0.29) is 24.2 Å². The molecule has 0 spiro atoms. The maximum Gasteiger partial charge on any atom is 0.303 e. The highest BCUT2D eigenvalue weighted by atomic mass is 16.4. The van der Waals surface area contributed by atoms with Gasteiger partial charge in [0.25, 0.3) is 0 Å². The summed E-state index contributed by atoms with van der Waals surface area (Å²) >= 11 is 0. The molecule has 5 nitrogen and oxygen atoms in total. The predicted octanol–water partition coefficient (Wildman–Crippen LogP) is 1.81. The first-order valence-electron chi connectivity index (χ1n) is 6.24. The Labute approximate surface area is 109 Å². The van der Waals surface area contributed by atoms with E-state index in [4.69, 9.17) is 10.8 Å². The normalized spacial score (nSPS) is 12.3. The van der Waals surface area contributed by atoms with Crippen molar-refractivity contribution < 1.29 is 14.7 Å². The fourth-order valence-electron chi connectivity index (χ4n) is 1.53. The molecule has 0 aliphatic heterocycles. The van der Waals surface area contributed by atoms with Crippen molar-refractivity contribution in [3.8, 4) is 0 Å². The number of nitrogens with two attached hydrogens (primary N) is 1. The number of nitrogens with zero attached hydrogens (tertiary/aromatic N) is 1. The van der Waals surface area contributed by atoms with Gasteiger partial charge in [0.1, 0.15) is 0 Å². The van der Waals surface area contributed by atoms with Crippen LogP contribution in [0.5, 0.6) is 0 Å². The number of amides is 1. The summed E-state index contributed by atoms with van der Waals surface area (Å²) in [6.45, 7) is 10.3. The van der Waals surface area contributed by atoms with Crippen LogP contribution in [0.2, 0.25) is 0 Å². The smallest absolute Gasteiger partial charge is 0.303 e. The zero-order valence-electron chi connectivity index (χ0n) is 12.1. The minimum Gasteiger partial charge on any atom is -0.481 e. The molecule has 0 aliphatic rings. The van der Waals surface area contributed by atoms with Crippen molar-refractivity contribution in [2.24, 2.45) is 11.1 Å². The second-order valence-corrected chi connectivity index (χ2v) is 6.40. The molecule has 0 atom stereocenters. The van der Waals surface area contributed by atoms with Gasteiger partial charge < -0.3 is 15.7 Å². The molecular formula is C13H26N2O3. The van der Waals surface area contributed by atoms with E-state index in [1.165, 1.54) is 0 Å². The van der Waals surface area contributed by atoms with Crippen molar-refractivity contribution >= 4 is 11.9 Å². The zero-order chi connectivity index (χ0) is 14.6. The van der Waals surface area contributed by atoms with Crippen LogP contribution < -0.4 is 5.73 Å². The highest BCUT2D eigenvalue weighted by Gasteiger charge is 2.28. The van der Waals surface area contributed by atoms with E-state index < -0.39 is 11.6 Å². The topological polar surface area (TPSA) is 83.6 Å². The van der Waals surface area contributed by atoms with Gasteiger partial charge in [-0.15, -0.1) is 0 Å². The molecule has 106 valence electrons. The number of carbonyl (C=O) groups excluding carboxylic acids is 1. The maximum absolute atomic E-state index is 12.0. The molecule has 1 amide bonds. The third kappa shape index (κ3) is 7.27. The molecule has 5 heteroatoms. The molecule has 18 heavy (non-hydrogen) atoms. The van der Waals surface area contributed by atoms with E-state index in [0.717, 1.165) is 6.42 Å². The number of hydrogen-bond acceptors (Lipinski definition) is 3. The van der Waals surface area contributed by atoms with Crippen LogP contribution in [0, 0.1) is 5.41 Å². The standard InChI is InChI=1S/C13H26N2O3/c1-12(2,3)8-9-15(13(4,5)14)10(16)6-7-11(17)18/h6-9,14H2,1-5H3,(H,17,18). The molecule has 0 fully saturated rings. The lowest BCUT2D eigenvalue weighted by Crippen LogP contribution is -2.54. The molecular weight excluding hydrogens is 232 g/mol.